The number of fused-ring (bicyclic) bond motifs is 2. The van der Waals surface area contributed by atoms with Gasteiger partial charge < -0.3 is 33.2 Å². The average molecular weight is 481 g/mol. The van der Waals surface area contributed by atoms with Crippen LogP contribution < -0.4 is 9.47 Å². The van der Waals surface area contributed by atoms with Gasteiger partial charge in [-0.1, -0.05) is 40.0 Å². The summed E-state index contributed by atoms with van der Waals surface area (Å²) in [5, 5.41) is 0. The molecule has 2 heterocycles. The lowest BCUT2D eigenvalue weighted by Crippen LogP contribution is -2.62. The highest BCUT2D eigenvalue weighted by Crippen LogP contribution is 2.48. The standard InChI is InChI=1S/C27H44O7/c1-6-9-14-30-18-22-25(31-15-10-7-2)26(32-16-11-8-3)23-24(29-5)20-13-12-19(28-4)17-21(20)33-27(23)34-22/h12-13,17,22-27H,6-11,14-16,18H2,1-5H3/t22-,23-,24+,25+,26-,27+/m1/s1. The minimum atomic E-state index is -0.526. The molecule has 0 saturated carbocycles. The van der Waals surface area contributed by atoms with Crippen molar-refractivity contribution in [1.29, 1.82) is 0 Å². The van der Waals surface area contributed by atoms with Gasteiger partial charge in [0.15, 0.2) is 0 Å². The lowest BCUT2D eigenvalue weighted by molar-refractivity contribution is -0.303. The molecule has 0 N–H and O–H groups in total. The van der Waals surface area contributed by atoms with Crippen molar-refractivity contribution in [2.24, 2.45) is 5.92 Å². The molecule has 1 fully saturated rings. The Balaban J connectivity index is 1.91. The SMILES string of the molecule is CCCCOC[C@H]1O[C@@H]2Oc3cc(OC)ccc3[C@H](OC)[C@@H]2[C@@H](OCCCC)[C@H]1OCCCC. The maximum Gasteiger partial charge on any atom is 0.208 e. The van der Waals surface area contributed by atoms with E-state index in [-0.39, 0.29) is 30.3 Å². The molecule has 1 aromatic rings. The molecule has 0 aromatic heterocycles. The predicted octanol–water partition coefficient (Wildman–Crippen LogP) is 5.30. The van der Waals surface area contributed by atoms with E-state index in [9.17, 15) is 0 Å². The normalized spacial score (nSPS) is 28.1. The summed E-state index contributed by atoms with van der Waals surface area (Å²) >= 11 is 0. The third kappa shape index (κ3) is 6.64. The Kier molecular flexibility index (Phi) is 11.4. The van der Waals surface area contributed by atoms with E-state index in [1.807, 2.05) is 18.2 Å². The summed E-state index contributed by atoms with van der Waals surface area (Å²) in [6.07, 6.45) is 4.67. The van der Waals surface area contributed by atoms with Gasteiger partial charge in [-0.25, -0.2) is 0 Å². The fraction of sp³-hybridized carbons (Fsp3) is 0.778. The first kappa shape index (κ1) is 27.2. The van der Waals surface area contributed by atoms with E-state index < -0.39 is 6.29 Å². The second-order valence-electron chi connectivity index (χ2n) is 9.10. The minimum absolute atomic E-state index is 0.165. The Bertz CT molecular complexity index is 712. The Labute approximate surface area is 205 Å². The van der Waals surface area contributed by atoms with E-state index in [0.29, 0.717) is 26.4 Å². The molecule has 194 valence electrons. The molecule has 1 aromatic carbocycles. The van der Waals surface area contributed by atoms with E-state index in [0.717, 1.165) is 55.6 Å². The zero-order chi connectivity index (χ0) is 24.3. The highest BCUT2D eigenvalue weighted by atomic mass is 16.7. The Hall–Kier alpha value is -1.38. The summed E-state index contributed by atoms with van der Waals surface area (Å²) in [6, 6.07) is 5.84. The van der Waals surface area contributed by atoms with Crippen molar-refractivity contribution in [3.05, 3.63) is 23.8 Å². The molecule has 2 aliphatic rings. The number of methoxy groups -OCH3 is 2. The van der Waals surface area contributed by atoms with Crippen LogP contribution in [-0.2, 0) is 23.7 Å². The third-order valence-corrected chi connectivity index (χ3v) is 6.61. The fourth-order valence-corrected chi connectivity index (χ4v) is 4.66. The van der Waals surface area contributed by atoms with Crippen molar-refractivity contribution in [1.82, 2.24) is 0 Å². The maximum absolute atomic E-state index is 6.54. The molecule has 34 heavy (non-hydrogen) atoms. The average Bonchev–Trinajstić information content (AvgIpc) is 2.86. The maximum atomic E-state index is 6.54. The van der Waals surface area contributed by atoms with Gasteiger partial charge in [-0.3, -0.25) is 0 Å². The van der Waals surface area contributed by atoms with E-state index in [2.05, 4.69) is 20.8 Å². The lowest BCUT2D eigenvalue weighted by Gasteiger charge is -2.50. The van der Waals surface area contributed by atoms with Crippen molar-refractivity contribution < 1.29 is 33.2 Å². The van der Waals surface area contributed by atoms with Crippen LogP contribution in [-0.4, -0.2) is 65.2 Å². The minimum Gasteiger partial charge on any atom is -0.497 e. The van der Waals surface area contributed by atoms with E-state index in [1.54, 1.807) is 14.2 Å². The number of rotatable bonds is 15. The molecule has 2 aliphatic heterocycles. The highest BCUT2D eigenvalue weighted by Gasteiger charge is 2.54. The monoisotopic (exact) mass is 480 g/mol. The van der Waals surface area contributed by atoms with E-state index >= 15 is 0 Å². The molecular formula is C27H44O7. The Morgan fingerprint density at radius 1 is 0.853 bits per heavy atom. The van der Waals surface area contributed by atoms with Crippen LogP contribution in [0.25, 0.3) is 0 Å². The van der Waals surface area contributed by atoms with Crippen LogP contribution >= 0.6 is 0 Å². The summed E-state index contributed by atoms with van der Waals surface area (Å²) in [5.41, 5.74) is 0.974. The number of hydrogen-bond donors (Lipinski definition) is 0. The summed E-state index contributed by atoms with van der Waals surface area (Å²) in [7, 11) is 3.38. The molecule has 0 radical (unpaired) electrons. The molecule has 0 bridgehead atoms. The van der Waals surface area contributed by atoms with Crippen LogP contribution in [0.15, 0.2) is 18.2 Å². The number of unbranched alkanes of at least 4 members (excludes halogenated alkanes) is 3. The largest absolute Gasteiger partial charge is 0.497 e. The second kappa shape index (κ2) is 14.2. The summed E-state index contributed by atoms with van der Waals surface area (Å²) in [4.78, 5) is 0. The van der Waals surface area contributed by atoms with Gasteiger partial charge in [0.25, 0.3) is 0 Å². The first-order valence-electron chi connectivity index (χ1n) is 13.0. The first-order valence-corrected chi connectivity index (χ1v) is 13.0. The zero-order valence-corrected chi connectivity index (χ0v) is 21.6. The van der Waals surface area contributed by atoms with Gasteiger partial charge in [-0.2, -0.15) is 0 Å². The van der Waals surface area contributed by atoms with Crippen LogP contribution in [0.4, 0.5) is 0 Å². The van der Waals surface area contributed by atoms with Crippen molar-refractivity contribution in [3.8, 4) is 11.5 Å². The predicted molar refractivity (Wildman–Crippen MR) is 131 cm³/mol. The van der Waals surface area contributed by atoms with Crippen molar-refractivity contribution in [3.63, 3.8) is 0 Å². The van der Waals surface area contributed by atoms with E-state index in [1.165, 1.54) is 0 Å². The number of benzene rings is 1. The van der Waals surface area contributed by atoms with Gasteiger partial charge in [0, 0.05) is 38.6 Å². The molecule has 7 heteroatoms. The van der Waals surface area contributed by atoms with Gasteiger partial charge in [0.2, 0.25) is 6.29 Å². The molecule has 3 rings (SSSR count). The van der Waals surface area contributed by atoms with Gasteiger partial charge in [0.05, 0.1) is 31.8 Å². The zero-order valence-electron chi connectivity index (χ0n) is 21.6. The molecular weight excluding hydrogens is 436 g/mol. The molecule has 0 amide bonds. The number of hydrogen-bond acceptors (Lipinski definition) is 7. The van der Waals surface area contributed by atoms with Gasteiger partial charge >= 0.3 is 0 Å². The molecule has 0 unspecified atom stereocenters. The second-order valence-corrected chi connectivity index (χ2v) is 9.10. The van der Waals surface area contributed by atoms with Crippen molar-refractivity contribution in [2.45, 2.75) is 90.0 Å². The van der Waals surface area contributed by atoms with Gasteiger partial charge in [-0.05, 0) is 31.4 Å². The van der Waals surface area contributed by atoms with E-state index in [4.69, 9.17) is 33.2 Å². The molecule has 0 aliphatic carbocycles. The molecule has 0 spiro atoms. The lowest BCUT2D eigenvalue weighted by atomic mass is 9.81. The summed E-state index contributed by atoms with van der Waals surface area (Å²) in [6.45, 7) is 8.96. The fourth-order valence-electron chi connectivity index (χ4n) is 4.66. The third-order valence-electron chi connectivity index (χ3n) is 6.61. The smallest absolute Gasteiger partial charge is 0.208 e. The van der Waals surface area contributed by atoms with Crippen LogP contribution in [0.5, 0.6) is 11.5 Å². The topological polar surface area (TPSA) is 64.6 Å². The van der Waals surface area contributed by atoms with Gasteiger partial charge in [0.1, 0.15) is 23.7 Å². The highest BCUT2D eigenvalue weighted by molar-refractivity contribution is 5.44. The van der Waals surface area contributed by atoms with Crippen LogP contribution in [0, 0.1) is 5.92 Å². The molecule has 7 nitrogen and oxygen atoms in total. The quantitative estimate of drug-likeness (QED) is 0.316. The summed E-state index contributed by atoms with van der Waals surface area (Å²) < 4.78 is 43.4. The van der Waals surface area contributed by atoms with Crippen LogP contribution in [0.1, 0.15) is 71.0 Å². The van der Waals surface area contributed by atoms with Crippen LogP contribution in [0.3, 0.4) is 0 Å². The number of ether oxygens (including phenoxy) is 7. The Morgan fingerprint density at radius 2 is 1.53 bits per heavy atom. The van der Waals surface area contributed by atoms with Gasteiger partial charge in [-0.15, -0.1) is 0 Å². The Morgan fingerprint density at radius 3 is 2.18 bits per heavy atom. The van der Waals surface area contributed by atoms with Crippen LogP contribution in [0.2, 0.25) is 0 Å². The van der Waals surface area contributed by atoms with Crippen molar-refractivity contribution >= 4 is 0 Å². The first-order chi connectivity index (χ1) is 16.7. The molecule has 1 saturated heterocycles. The summed E-state index contributed by atoms with van der Waals surface area (Å²) in [5.74, 6) is 1.29. The van der Waals surface area contributed by atoms with Crippen molar-refractivity contribution in [2.75, 3.05) is 40.6 Å². The molecule has 6 atom stereocenters.